The Labute approximate surface area is 198 Å². The normalized spacial score (nSPS) is 16.1. The van der Waals surface area contributed by atoms with Gasteiger partial charge in [0.2, 0.25) is 0 Å². The highest BCUT2D eigenvalue weighted by Crippen LogP contribution is 3.02. The first-order chi connectivity index (χ1) is 16.1. The quantitative estimate of drug-likeness (QED) is 0.303. The van der Waals surface area contributed by atoms with E-state index in [1.807, 2.05) is 0 Å². The van der Waals surface area contributed by atoms with Crippen molar-refractivity contribution in [1.82, 2.24) is 14.8 Å². The third-order valence-electron chi connectivity index (χ3n) is 4.65. The van der Waals surface area contributed by atoms with Crippen LogP contribution in [0.4, 0.5) is 69.2 Å². The van der Waals surface area contributed by atoms with Gasteiger partial charge in [-0.05, 0) is 24.3 Å². The smallest absolute Gasteiger partial charge is 0.383 e. The summed E-state index contributed by atoms with van der Waals surface area (Å²) < 4.78 is 198. The zero-order valence-electron chi connectivity index (χ0n) is 16.7. The van der Waals surface area contributed by atoms with Crippen LogP contribution in [0.3, 0.4) is 0 Å². The number of nitrogen functional groups attached to an aromatic ring is 1. The molecule has 0 aliphatic heterocycles. The lowest BCUT2D eigenvalue weighted by Crippen LogP contribution is -2.50. The SMILES string of the molecule is Nc1c2c(C(F)(F)F)cc(C(F)(F)C(F)(F)C(F)(F)F)nc2nn1-c1ccc(S(F)(F)(F)(F)F)cc1Cl. The molecular formula is C16H6ClF15N4S. The van der Waals surface area contributed by atoms with Gasteiger partial charge in [-0.3, -0.25) is 0 Å². The Kier molecular flexibility index (Phi) is 5.61. The Balaban J connectivity index is 2.35. The average molecular weight is 607 g/mol. The Morgan fingerprint density at radius 2 is 1.38 bits per heavy atom. The number of hydrogen-bond acceptors (Lipinski definition) is 3. The van der Waals surface area contributed by atoms with Crippen LogP contribution < -0.4 is 5.73 Å². The molecular weight excluding hydrogens is 601 g/mol. The van der Waals surface area contributed by atoms with E-state index in [2.05, 4.69) is 10.1 Å². The minimum atomic E-state index is -10.3. The van der Waals surface area contributed by atoms with Gasteiger partial charge < -0.3 is 5.73 Å². The second kappa shape index (κ2) is 7.20. The summed E-state index contributed by atoms with van der Waals surface area (Å²) in [5.41, 5.74) is -2.15. The molecule has 3 aromatic rings. The largest absolute Gasteiger partial charge is 0.460 e. The fourth-order valence-electron chi connectivity index (χ4n) is 2.92. The zero-order valence-corrected chi connectivity index (χ0v) is 18.3. The molecule has 208 valence electrons. The van der Waals surface area contributed by atoms with Gasteiger partial charge in [0.15, 0.2) is 5.65 Å². The minimum absolute atomic E-state index is 0.00818. The van der Waals surface area contributed by atoms with Crippen LogP contribution in [0.5, 0.6) is 0 Å². The molecule has 2 aromatic heterocycles. The van der Waals surface area contributed by atoms with E-state index in [0.29, 0.717) is 0 Å². The first-order valence-corrected chi connectivity index (χ1v) is 11.1. The zero-order chi connectivity index (χ0) is 28.8. The van der Waals surface area contributed by atoms with Crippen molar-refractivity contribution in [2.24, 2.45) is 0 Å². The van der Waals surface area contributed by atoms with Crippen LogP contribution in [0.25, 0.3) is 16.7 Å². The maximum atomic E-state index is 14.1. The van der Waals surface area contributed by atoms with Crippen molar-refractivity contribution in [3.63, 3.8) is 0 Å². The van der Waals surface area contributed by atoms with Gasteiger partial charge in [0.1, 0.15) is 16.4 Å². The van der Waals surface area contributed by atoms with Crippen LogP contribution in [0, 0.1) is 0 Å². The van der Waals surface area contributed by atoms with Gasteiger partial charge in [-0.2, -0.15) is 43.9 Å². The Bertz CT molecular complexity index is 1410. The van der Waals surface area contributed by atoms with Gasteiger partial charge in [0.25, 0.3) is 0 Å². The fraction of sp³-hybridized carbons (Fsp3) is 0.250. The monoisotopic (exact) mass is 606 g/mol. The van der Waals surface area contributed by atoms with Crippen LogP contribution in [0.2, 0.25) is 5.02 Å². The number of nitrogens with zero attached hydrogens (tertiary/aromatic N) is 3. The molecule has 0 saturated carbocycles. The fourth-order valence-corrected chi connectivity index (χ4v) is 3.91. The Morgan fingerprint density at radius 3 is 1.81 bits per heavy atom. The molecule has 21 heteroatoms. The van der Waals surface area contributed by atoms with Gasteiger partial charge >= 0.3 is 34.4 Å². The van der Waals surface area contributed by atoms with Gasteiger partial charge in [-0.1, -0.05) is 31.0 Å². The predicted octanol–water partition coefficient (Wildman–Crippen LogP) is 8.62. The maximum Gasteiger partial charge on any atom is 0.460 e. The van der Waals surface area contributed by atoms with Crippen molar-refractivity contribution >= 4 is 38.7 Å². The lowest BCUT2D eigenvalue weighted by molar-refractivity contribution is -0.360. The average Bonchev–Trinajstić information content (AvgIpc) is 3.00. The third kappa shape index (κ3) is 4.79. The molecule has 2 N–H and O–H groups in total. The number of pyridine rings is 1. The van der Waals surface area contributed by atoms with E-state index in [1.54, 1.807) is 0 Å². The molecule has 0 atom stereocenters. The number of aromatic nitrogens is 3. The standard InChI is InChI=1S/C16H6ClF15N4S/c17-7-3-5(37(28,29,30,31)32)1-2-8(7)36-11(33)10-6(14(20,21)22)4-9(34-12(10)35-36)13(18,19)15(23,24)16(25,26)27/h1-4H,33H2. The van der Waals surface area contributed by atoms with Crippen LogP contribution in [-0.2, 0) is 12.1 Å². The number of benzene rings is 1. The van der Waals surface area contributed by atoms with Crippen molar-refractivity contribution < 1.29 is 63.3 Å². The third-order valence-corrected chi connectivity index (χ3v) is 6.10. The molecule has 2 heterocycles. The molecule has 0 saturated heterocycles. The van der Waals surface area contributed by atoms with Gasteiger partial charge in [0.05, 0.1) is 21.7 Å². The minimum Gasteiger partial charge on any atom is -0.383 e. The summed E-state index contributed by atoms with van der Waals surface area (Å²) in [4.78, 5) is 0.0904. The topological polar surface area (TPSA) is 56.7 Å². The summed E-state index contributed by atoms with van der Waals surface area (Å²) in [7, 11) is -10.3. The molecule has 1 aromatic carbocycles. The summed E-state index contributed by atoms with van der Waals surface area (Å²) in [5.74, 6) is -14.6. The number of anilines is 1. The van der Waals surface area contributed by atoms with Crippen molar-refractivity contribution in [2.45, 2.75) is 29.1 Å². The summed E-state index contributed by atoms with van der Waals surface area (Å²) in [6, 6.07) is -1.32. The molecule has 0 aliphatic rings. The predicted molar refractivity (Wildman–Crippen MR) is 99.6 cm³/mol. The van der Waals surface area contributed by atoms with Gasteiger partial charge in [-0.15, -0.1) is 5.10 Å². The first kappa shape index (κ1) is 28.8. The number of alkyl halides is 10. The van der Waals surface area contributed by atoms with E-state index in [-0.39, 0.29) is 22.9 Å². The highest BCUT2D eigenvalue weighted by atomic mass is 35.5. The highest BCUT2D eigenvalue weighted by Gasteiger charge is 2.74. The Hall–Kier alpha value is -2.77. The second-order valence-corrected chi connectivity index (χ2v) is 10.1. The molecule has 0 spiro atoms. The van der Waals surface area contributed by atoms with Crippen molar-refractivity contribution in [3.8, 4) is 5.69 Å². The molecule has 0 amide bonds. The number of fused-ring (bicyclic) bond motifs is 1. The highest BCUT2D eigenvalue weighted by molar-refractivity contribution is 8.45. The van der Waals surface area contributed by atoms with Gasteiger partial charge in [0, 0.05) is 0 Å². The number of halogens is 16. The van der Waals surface area contributed by atoms with E-state index in [9.17, 15) is 63.3 Å². The van der Waals surface area contributed by atoms with Gasteiger partial charge in [-0.25, -0.2) is 9.67 Å². The molecule has 4 nitrogen and oxygen atoms in total. The summed E-state index contributed by atoms with van der Waals surface area (Å²) >= 11 is 5.52. The molecule has 0 radical (unpaired) electrons. The van der Waals surface area contributed by atoms with E-state index < -0.39 is 84.2 Å². The molecule has 0 aliphatic carbocycles. The van der Waals surface area contributed by atoms with E-state index in [1.165, 1.54) is 0 Å². The van der Waals surface area contributed by atoms with Crippen molar-refractivity contribution in [2.75, 3.05) is 5.73 Å². The maximum absolute atomic E-state index is 14.1. The van der Waals surface area contributed by atoms with Crippen molar-refractivity contribution in [3.05, 3.63) is 40.5 Å². The number of rotatable bonds is 4. The molecule has 3 rings (SSSR count). The Morgan fingerprint density at radius 1 is 0.838 bits per heavy atom. The van der Waals surface area contributed by atoms with Crippen LogP contribution in [0.15, 0.2) is 29.2 Å². The summed E-state index contributed by atoms with van der Waals surface area (Å²) in [5, 5.41) is 0.435. The number of hydrogen-bond donors (Lipinski definition) is 1. The van der Waals surface area contributed by atoms with E-state index in [4.69, 9.17) is 17.3 Å². The van der Waals surface area contributed by atoms with E-state index >= 15 is 0 Å². The van der Waals surface area contributed by atoms with Crippen LogP contribution in [-0.4, -0.2) is 26.9 Å². The molecule has 0 fully saturated rings. The first-order valence-electron chi connectivity index (χ1n) is 8.73. The lowest BCUT2D eigenvalue weighted by atomic mass is 10.0. The lowest BCUT2D eigenvalue weighted by Gasteiger charge is -2.40. The summed E-state index contributed by atoms with van der Waals surface area (Å²) in [6.45, 7) is 0. The van der Waals surface area contributed by atoms with Crippen molar-refractivity contribution in [1.29, 1.82) is 0 Å². The van der Waals surface area contributed by atoms with Crippen LogP contribution in [0.1, 0.15) is 11.3 Å². The molecule has 0 unspecified atom stereocenters. The molecule has 37 heavy (non-hydrogen) atoms. The molecule has 0 bridgehead atoms. The number of nitrogens with two attached hydrogens (primary N) is 1. The second-order valence-electron chi connectivity index (χ2n) is 7.28. The van der Waals surface area contributed by atoms with Crippen LogP contribution >= 0.6 is 21.8 Å². The summed E-state index contributed by atoms with van der Waals surface area (Å²) in [6.07, 6.45) is -12.7. The van der Waals surface area contributed by atoms with E-state index in [0.717, 1.165) is 0 Å².